The minimum atomic E-state index is -5.08. The Balaban J connectivity index is 2.68. The molecule has 2 N–H and O–H groups in total. The number of benzene rings is 2. The molecule has 3 rings (SSSR count). The molecule has 16 heteroatoms. The zero-order valence-corrected chi connectivity index (χ0v) is 24.6. The van der Waals surface area contributed by atoms with E-state index in [1.165, 1.54) is 19.5 Å². The van der Waals surface area contributed by atoms with Gasteiger partial charge in [0.15, 0.2) is 0 Å². The molecule has 32 heavy (non-hydrogen) atoms. The summed E-state index contributed by atoms with van der Waals surface area (Å²) < 4.78 is 125. The zero-order chi connectivity index (χ0) is 24.7. The quantitative estimate of drug-likeness (QED) is 0.286. The summed E-state index contributed by atoms with van der Waals surface area (Å²) in [6.45, 7) is 0. The van der Waals surface area contributed by atoms with Gasteiger partial charge in [-0.3, -0.25) is 0 Å². The van der Waals surface area contributed by atoms with E-state index in [1.807, 2.05) is 0 Å². The Morgan fingerprint density at radius 3 is 1.28 bits per heavy atom. The molecule has 0 fully saturated rings. The van der Waals surface area contributed by atoms with E-state index < -0.39 is 98.7 Å². The van der Waals surface area contributed by atoms with Crippen molar-refractivity contribution in [3.05, 3.63) is 24.3 Å². The van der Waals surface area contributed by atoms with Crippen LogP contribution >= 0.6 is 0 Å². The van der Waals surface area contributed by atoms with Gasteiger partial charge in [-0.25, -0.2) is 0 Å². The number of fused-ring (bicyclic) bond motifs is 2. The van der Waals surface area contributed by atoms with Gasteiger partial charge in [-0.05, 0) is 0 Å². The van der Waals surface area contributed by atoms with Crippen molar-refractivity contribution >= 4 is 74.7 Å². The summed E-state index contributed by atoms with van der Waals surface area (Å²) in [5.41, 5.74) is 0. The summed E-state index contributed by atoms with van der Waals surface area (Å²) in [7, 11) is -15.0. The van der Waals surface area contributed by atoms with Gasteiger partial charge < -0.3 is 0 Å². The normalized spacial score (nSPS) is 16.1. The molecular weight excluding hydrogens is 708 g/mol. The molecule has 0 aromatic heterocycles. The van der Waals surface area contributed by atoms with Crippen molar-refractivity contribution in [3.8, 4) is 11.5 Å². The monoisotopic (exact) mass is 724 g/mol. The van der Waals surface area contributed by atoms with Crippen molar-refractivity contribution < 1.29 is 45.1 Å². The SMILES string of the molecule is [CH3][Sb]([CH3])(=[O])[c]1ccc(S(=O)(=O)O)c2c1S(=O)(=O)c1[c]([Sb]([CH3])([CH3])=[O])ccc(S(=O)(=O)O)c1O2. The van der Waals surface area contributed by atoms with Crippen LogP contribution in [0.4, 0.5) is 0 Å². The summed E-state index contributed by atoms with van der Waals surface area (Å²) in [5.74, 6) is -1.90. The number of sulfone groups is 1. The summed E-state index contributed by atoms with van der Waals surface area (Å²) in [6, 6.07) is 3.57. The van der Waals surface area contributed by atoms with Crippen molar-refractivity contribution in [1.82, 2.24) is 0 Å². The molecule has 1 heterocycles. The predicted molar refractivity (Wildman–Crippen MR) is 114 cm³/mol. The molecule has 0 aliphatic carbocycles. The second-order valence-electron chi connectivity index (χ2n) is 7.74. The van der Waals surface area contributed by atoms with Gasteiger partial charge in [-0.1, -0.05) is 0 Å². The van der Waals surface area contributed by atoms with Crippen LogP contribution in [0.2, 0.25) is 19.5 Å². The van der Waals surface area contributed by atoms with Gasteiger partial charge in [0.1, 0.15) is 0 Å². The van der Waals surface area contributed by atoms with E-state index in [1.54, 1.807) is 0 Å². The van der Waals surface area contributed by atoms with Gasteiger partial charge in [-0.2, -0.15) is 0 Å². The zero-order valence-electron chi connectivity index (χ0n) is 17.0. The van der Waals surface area contributed by atoms with Gasteiger partial charge in [0.2, 0.25) is 0 Å². The average Bonchev–Trinajstić information content (AvgIpc) is 2.56. The molecule has 176 valence electrons. The first kappa shape index (κ1) is 25.9. The van der Waals surface area contributed by atoms with Crippen LogP contribution in [0.15, 0.2) is 43.8 Å². The van der Waals surface area contributed by atoms with Crippen LogP contribution in [0.25, 0.3) is 0 Å². The van der Waals surface area contributed by atoms with Gasteiger partial charge >= 0.3 is 195 Å². The maximum absolute atomic E-state index is 13.7. The third-order valence-corrected chi connectivity index (χ3v) is 17.9. The van der Waals surface area contributed by atoms with Crippen LogP contribution in [-0.4, -0.2) is 71.9 Å². The number of rotatable bonds is 4. The van der Waals surface area contributed by atoms with Crippen LogP contribution < -0.4 is 11.8 Å². The van der Waals surface area contributed by atoms with E-state index in [9.17, 15) is 40.4 Å². The molecule has 0 saturated carbocycles. The van der Waals surface area contributed by atoms with E-state index in [2.05, 4.69) is 0 Å². The molecular formula is C16H18O11S3Sb2. The fraction of sp³-hybridized carbons (Fsp3) is 0.250. The van der Waals surface area contributed by atoms with E-state index >= 15 is 0 Å². The van der Waals surface area contributed by atoms with Crippen molar-refractivity contribution in [2.75, 3.05) is 0 Å². The molecule has 0 bridgehead atoms. The molecule has 0 amide bonds. The first-order chi connectivity index (χ1) is 14.2. The van der Waals surface area contributed by atoms with E-state index in [4.69, 9.17) is 4.74 Å². The van der Waals surface area contributed by atoms with Gasteiger partial charge in [-0.15, -0.1) is 0 Å². The van der Waals surface area contributed by atoms with Crippen molar-refractivity contribution in [3.63, 3.8) is 0 Å². The van der Waals surface area contributed by atoms with Gasteiger partial charge in [0.05, 0.1) is 0 Å². The standard InChI is InChI=1S/C12H6O9S3.4CH3.2O.2Sb/c13-22(14)7-3-1-5-9(23(15,16)17)11(7)21-12-8(22)4-2-6-10(12)24(18,19)20;;;;;;;;/h1-2,5-6H,(H,15,16,17)(H,18,19,20);4*1H3;;;;. The summed E-state index contributed by atoms with van der Waals surface area (Å²) in [6.07, 6.45) is 0. The molecule has 1 aliphatic heterocycles. The topological polar surface area (TPSA) is 186 Å². The molecule has 0 unspecified atom stereocenters. The predicted octanol–water partition coefficient (Wildman–Crippen LogP) is 0.804. The van der Waals surface area contributed by atoms with E-state index in [0.29, 0.717) is 0 Å². The fourth-order valence-electron chi connectivity index (χ4n) is 3.24. The average molecular weight is 726 g/mol. The third kappa shape index (κ3) is 4.35. The van der Waals surface area contributed by atoms with Crippen LogP contribution in [0.5, 0.6) is 11.5 Å². The Bertz CT molecular complexity index is 1480. The number of hydrogen-bond acceptors (Lipinski definition) is 9. The minimum absolute atomic E-state index is 0.225. The van der Waals surface area contributed by atoms with Crippen molar-refractivity contribution in [2.45, 2.75) is 39.1 Å². The fourth-order valence-corrected chi connectivity index (χ4v) is 17.1. The number of ether oxygens (including phenoxy) is 1. The van der Waals surface area contributed by atoms with E-state index in [-0.39, 0.29) is 7.02 Å². The Labute approximate surface area is 193 Å². The second-order valence-corrected chi connectivity index (χ2v) is 30.5. The maximum atomic E-state index is 13.7. The summed E-state index contributed by atoms with van der Waals surface area (Å²) >= 11 is -8.90. The van der Waals surface area contributed by atoms with Crippen LogP contribution in [-0.2, 0) is 36.1 Å². The Kier molecular flexibility index (Phi) is 6.16. The summed E-state index contributed by atoms with van der Waals surface area (Å²) in [4.78, 5) is 1.58. The van der Waals surface area contributed by atoms with Crippen molar-refractivity contribution in [2.24, 2.45) is 0 Å². The Morgan fingerprint density at radius 2 is 1.03 bits per heavy atom. The summed E-state index contributed by atoms with van der Waals surface area (Å²) in [5, 5.41) is 0. The molecule has 0 radical (unpaired) electrons. The van der Waals surface area contributed by atoms with Crippen molar-refractivity contribution in [1.29, 1.82) is 0 Å². The molecule has 1 aliphatic rings. The number of hydrogen-bond donors (Lipinski definition) is 2. The molecule has 0 atom stereocenters. The molecule has 11 nitrogen and oxygen atoms in total. The molecule has 0 saturated heterocycles. The van der Waals surface area contributed by atoms with Crippen LogP contribution in [0.1, 0.15) is 0 Å². The Hall–Kier alpha value is -0.754. The molecule has 2 aromatic rings. The van der Waals surface area contributed by atoms with Crippen LogP contribution in [0.3, 0.4) is 0 Å². The Morgan fingerprint density at radius 1 is 0.719 bits per heavy atom. The van der Waals surface area contributed by atoms with Gasteiger partial charge in [0.25, 0.3) is 0 Å². The third-order valence-electron chi connectivity index (χ3n) is 4.57. The molecule has 2 aromatic carbocycles. The van der Waals surface area contributed by atoms with Gasteiger partial charge in [0, 0.05) is 0 Å². The first-order valence-electron chi connectivity index (χ1n) is 8.51. The van der Waals surface area contributed by atoms with Crippen LogP contribution in [0, 0.1) is 0 Å². The van der Waals surface area contributed by atoms with E-state index in [0.717, 1.165) is 24.3 Å². The first-order valence-corrected chi connectivity index (χ1v) is 27.7. The second kappa shape index (κ2) is 7.63. The molecule has 0 spiro atoms.